The lowest BCUT2D eigenvalue weighted by molar-refractivity contribution is -0.135. The molecular formula is C21H30O3. The number of epoxide rings is 1. The fraction of sp³-hybridized carbons (Fsp3) is 0.857. The van der Waals surface area contributed by atoms with E-state index in [1.54, 1.807) is 6.92 Å². The number of allylic oxidation sites excluding steroid dienone is 1. The average Bonchev–Trinajstić information content (AvgIpc) is 3.21. The molecule has 3 nitrogen and oxygen atoms in total. The molecular weight excluding hydrogens is 300 g/mol. The highest BCUT2D eigenvalue weighted by Crippen LogP contribution is 2.73. The Kier molecular flexibility index (Phi) is 2.94. The summed E-state index contributed by atoms with van der Waals surface area (Å²) in [5.74, 6) is 2.31. The minimum atomic E-state index is -0.448. The zero-order chi connectivity index (χ0) is 16.9. The van der Waals surface area contributed by atoms with Crippen molar-refractivity contribution >= 4 is 5.78 Å². The lowest BCUT2D eigenvalue weighted by atomic mass is 9.47. The molecule has 1 saturated heterocycles. The van der Waals surface area contributed by atoms with Crippen LogP contribution in [0.2, 0.25) is 0 Å². The Morgan fingerprint density at radius 2 is 2.04 bits per heavy atom. The highest BCUT2D eigenvalue weighted by molar-refractivity contribution is 5.90. The summed E-state index contributed by atoms with van der Waals surface area (Å²) in [6.45, 7) is 6.54. The molecule has 5 rings (SSSR count). The first-order chi connectivity index (χ1) is 11.3. The molecule has 8 atom stereocenters. The van der Waals surface area contributed by atoms with Crippen LogP contribution in [0.1, 0.15) is 65.7 Å². The van der Waals surface area contributed by atoms with Crippen molar-refractivity contribution in [3.63, 3.8) is 0 Å². The van der Waals surface area contributed by atoms with Gasteiger partial charge >= 0.3 is 0 Å². The van der Waals surface area contributed by atoms with Gasteiger partial charge < -0.3 is 9.84 Å². The third kappa shape index (κ3) is 1.60. The molecule has 3 saturated carbocycles. The lowest BCUT2D eigenvalue weighted by Gasteiger charge is -2.58. The maximum Gasteiger partial charge on any atom is 0.164 e. The molecule has 3 heteroatoms. The van der Waals surface area contributed by atoms with Gasteiger partial charge in [-0.25, -0.2) is 0 Å². The molecule has 1 N–H and O–H groups in total. The molecule has 1 aliphatic heterocycles. The smallest absolute Gasteiger partial charge is 0.164 e. The number of carbonyl (C=O) groups excluding carboxylic acids is 1. The van der Waals surface area contributed by atoms with Gasteiger partial charge in [0.25, 0.3) is 0 Å². The van der Waals surface area contributed by atoms with Gasteiger partial charge in [-0.15, -0.1) is 0 Å². The molecule has 0 aromatic carbocycles. The lowest BCUT2D eigenvalue weighted by Crippen LogP contribution is -2.54. The van der Waals surface area contributed by atoms with Gasteiger partial charge in [0.15, 0.2) is 11.4 Å². The van der Waals surface area contributed by atoms with E-state index in [4.69, 9.17) is 4.74 Å². The molecule has 0 aromatic rings. The number of ketones is 1. The van der Waals surface area contributed by atoms with E-state index in [0.29, 0.717) is 11.8 Å². The van der Waals surface area contributed by atoms with Crippen molar-refractivity contribution in [1.82, 2.24) is 0 Å². The van der Waals surface area contributed by atoms with Crippen molar-refractivity contribution in [3.8, 4) is 0 Å². The summed E-state index contributed by atoms with van der Waals surface area (Å²) in [6.07, 6.45) is 10.0. The largest absolute Gasteiger partial charge is 0.393 e. The van der Waals surface area contributed by atoms with Crippen molar-refractivity contribution in [3.05, 3.63) is 11.6 Å². The van der Waals surface area contributed by atoms with Crippen LogP contribution in [0.5, 0.6) is 0 Å². The molecule has 0 radical (unpaired) electrons. The van der Waals surface area contributed by atoms with Crippen molar-refractivity contribution in [2.75, 3.05) is 0 Å². The molecule has 0 amide bonds. The standard InChI is InChI=1S/C21H30O3/c1-12(22)21-18(24-21)11-17-15-5-4-13-10-14(23)6-8-19(13,2)16(15)7-9-20(17,21)3/h4,14-18,23H,5-11H2,1-3H3/t14-,15-,16+,17-,18+,19+,20-,21+/m1/s1. The van der Waals surface area contributed by atoms with E-state index in [2.05, 4.69) is 19.9 Å². The average molecular weight is 330 g/mol. The monoisotopic (exact) mass is 330 g/mol. The number of carbonyl (C=O) groups is 1. The van der Waals surface area contributed by atoms with Crippen LogP contribution in [-0.4, -0.2) is 28.7 Å². The second-order valence-electron chi connectivity index (χ2n) is 9.75. The number of aliphatic hydroxyl groups excluding tert-OH is 1. The quantitative estimate of drug-likeness (QED) is 0.590. The molecule has 4 aliphatic carbocycles. The summed E-state index contributed by atoms with van der Waals surface area (Å²) in [5, 5.41) is 10.1. The summed E-state index contributed by atoms with van der Waals surface area (Å²) in [7, 11) is 0. The summed E-state index contributed by atoms with van der Waals surface area (Å²) in [4.78, 5) is 12.4. The minimum Gasteiger partial charge on any atom is -0.393 e. The number of aliphatic hydroxyl groups is 1. The summed E-state index contributed by atoms with van der Waals surface area (Å²) < 4.78 is 6.00. The topological polar surface area (TPSA) is 49.8 Å². The molecule has 1 heterocycles. The predicted molar refractivity (Wildman–Crippen MR) is 91.4 cm³/mol. The highest BCUT2D eigenvalue weighted by atomic mass is 16.6. The van der Waals surface area contributed by atoms with Gasteiger partial charge in [-0.1, -0.05) is 25.5 Å². The van der Waals surface area contributed by atoms with Crippen LogP contribution in [0.15, 0.2) is 11.6 Å². The Labute approximate surface area is 144 Å². The molecule has 4 fully saturated rings. The van der Waals surface area contributed by atoms with Gasteiger partial charge in [-0.3, -0.25) is 4.79 Å². The van der Waals surface area contributed by atoms with Gasteiger partial charge in [0, 0.05) is 5.41 Å². The summed E-state index contributed by atoms with van der Waals surface area (Å²) in [6, 6.07) is 0. The minimum absolute atomic E-state index is 0.0422. The summed E-state index contributed by atoms with van der Waals surface area (Å²) >= 11 is 0. The number of hydrogen-bond donors (Lipinski definition) is 1. The Morgan fingerprint density at radius 3 is 2.79 bits per heavy atom. The fourth-order valence-corrected chi connectivity index (χ4v) is 7.71. The maximum absolute atomic E-state index is 12.4. The maximum atomic E-state index is 12.4. The molecule has 0 aromatic heterocycles. The van der Waals surface area contributed by atoms with Crippen molar-refractivity contribution in [2.45, 2.75) is 83.5 Å². The van der Waals surface area contributed by atoms with E-state index in [0.717, 1.165) is 44.4 Å². The van der Waals surface area contributed by atoms with E-state index in [1.165, 1.54) is 12.0 Å². The van der Waals surface area contributed by atoms with Crippen molar-refractivity contribution < 1.29 is 14.6 Å². The van der Waals surface area contributed by atoms with Crippen LogP contribution >= 0.6 is 0 Å². The van der Waals surface area contributed by atoms with Crippen LogP contribution in [0.25, 0.3) is 0 Å². The molecule has 5 aliphatic rings. The van der Waals surface area contributed by atoms with Crippen LogP contribution in [0, 0.1) is 28.6 Å². The van der Waals surface area contributed by atoms with Gasteiger partial charge in [0.2, 0.25) is 0 Å². The first-order valence-electron chi connectivity index (χ1n) is 9.89. The second-order valence-corrected chi connectivity index (χ2v) is 9.75. The number of hydrogen-bond acceptors (Lipinski definition) is 3. The Bertz CT molecular complexity index is 639. The first-order valence-corrected chi connectivity index (χ1v) is 9.89. The molecule has 0 spiro atoms. The fourth-order valence-electron chi connectivity index (χ4n) is 7.71. The van der Waals surface area contributed by atoms with Crippen molar-refractivity contribution in [1.29, 1.82) is 0 Å². The third-order valence-corrected chi connectivity index (χ3v) is 9.03. The van der Waals surface area contributed by atoms with Gasteiger partial charge in [-0.2, -0.15) is 0 Å². The Morgan fingerprint density at radius 1 is 1.25 bits per heavy atom. The highest BCUT2D eigenvalue weighted by Gasteiger charge is 2.79. The predicted octanol–water partition coefficient (Wildman–Crippen LogP) is 3.65. The SMILES string of the molecule is CC(=O)[C@]12O[C@H]1C[C@@H]1[C@@H]3CC=C4C[C@H](O)CC[C@]4(C)[C@H]3CC[C@]12C. The van der Waals surface area contributed by atoms with Gasteiger partial charge in [0.05, 0.1) is 12.2 Å². The van der Waals surface area contributed by atoms with Crippen LogP contribution in [0.3, 0.4) is 0 Å². The van der Waals surface area contributed by atoms with Crippen LogP contribution in [-0.2, 0) is 9.53 Å². The number of Topliss-reactive ketones (excluding diaryl/α,β-unsaturated/α-hetero) is 1. The van der Waals surface area contributed by atoms with Crippen LogP contribution < -0.4 is 0 Å². The van der Waals surface area contributed by atoms with Gasteiger partial charge in [-0.05, 0) is 75.0 Å². The second kappa shape index (κ2) is 4.54. The molecule has 132 valence electrons. The van der Waals surface area contributed by atoms with Gasteiger partial charge in [0.1, 0.15) is 0 Å². The first kappa shape index (κ1) is 15.6. The molecule has 0 unspecified atom stereocenters. The zero-order valence-electron chi connectivity index (χ0n) is 15.2. The normalized spacial score (nSPS) is 58.0. The number of fused-ring (bicyclic) bond motifs is 7. The van der Waals surface area contributed by atoms with E-state index >= 15 is 0 Å². The van der Waals surface area contributed by atoms with Crippen molar-refractivity contribution in [2.24, 2.45) is 28.6 Å². The van der Waals surface area contributed by atoms with E-state index < -0.39 is 5.60 Å². The molecule has 24 heavy (non-hydrogen) atoms. The summed E-state index contributed by atoms with van der Waals surface area (Å²) in [5.41, 5.74) is 1.39. The van der Waals surface area contributed by atoms with E-state index in [-0.39, 0.29) is 28.8 Å². The number of ether oxygens (including phenoxy) is 1. The van der Waals surface area contributed by atoms with Crippen LogP contribution in [0.4, 0.5) is 0 Å². The Balaban J connectivity index is 1.51. The molecule has 0 bridgehead atoms. The third-order valence-electron chi connectivity index (χ3n) is 9.03. The van der Waals surface area contributed by atoms with E-state index in [9.17, 15) is 9.90 Å². The van der Waals surface area contributed by atoms with E-state index in [1.807, 2.05) is 0 Å². The zero-order valence-corrected chi connectivity index (χ0v) is 15.2. The number of rotatable bonds is 1. The Hall–Kier alpha value is -0.670.